The predicted molar refractivity (Wildman–Crippen MR) is 90.0 cm³/mol. The van der Waals surface area contributed by atoms with Crippen LogP contribution in [-0.4, -0.2) is 23.1 Å². The van der Waals surface area contributed by atoms with Crippen molar-refractivity contribution in [2.75, 3.05) is 17.7 Å². The van der Waals surface area contributed by atoms with E-state index >= 15 is 0 Å². The van der Waals surface area contributed by atoms with Gasteiger partial charge < -0.3 is 10.6 Å². The summed E-state index contributed by atoms with van der Waals surface area (Å²) in [6, 6.07) is 0.570. The van der Waals surface area contributed by atoms with Crippen molar-refractivity contribution in [3.05, 3.63) is 11.4 Å². The Kier molecular flexibility index (Phi) is 5.83. The molecule has 4 nitrogen and oxygen atoms in total. The zero-order valence-electron chi connectivity index (χ0n) is 14.0. The largest absolute Gasteiger partial charge is 0.373 e. The van der Waals surface area contributed by atoms with E-state index in [0.717, 1.165) is 35.4 Å². The lowest BCUT2D eigenvalue weighted by Crippen LogP contribution is -2.27. The van der Waals surface area contributed by atoms with Crippen molar-refractivity contribution in [3.8, 4) is 0 Å². The second kappa shape index (κ2) is 7.62. The van der Waals surface area contributed by atoms with Gasteiger partial charge in [0.25, 0.3) is 0 Å². The molecule has 0 atom stereocenters. The van der Waals surface area contributed by atoms with Crippen LogP contribution in [0.25, 0.3) is 0 Å². The number of nitrogens with one attached hydrogen (secondary N) is 2. The molecule has 0 spiro atoms. The van der Waals surface area contributed by atoms with Crippen molar-refractivity contribution < 1.29 is 0 Å². The van der Waals surface area contributed by atoms with Gasteiger partial charge in [0.15, 0.2) is 0 Å². The molecule has 0 amide bonds. The highest BCUT2D eigenvalue weighted by molar-refractivity contribution is 5.57. The Balaban J connectivity index is 2.03. The van der Waals surface area contributed by atoms with Gasteiger partial charge in [-0.25, -0.2) is 9.97 Å². The van der Waals surface area contributed by atoms with E-state index in [2.05, 4.69) is 41.4 Å². The van der Waals surface area contributed by atoms with Gasteiger partial charge in [0.05, 0.1) is 0 Å². The third-order valence-electron chi connectivity index (χ3n) is 4.63. The highest BCUT2D eigenvalue weighted by Crippen LogP contribution is 2.30. The van der Waals surface area contributed by atoms with E-state index in [0.29, 0.717) is 6.04 Å². The van der Waals surface area contributed by atoms with E-state index in [9.17, 15) is 0 Å². The van der Waals surface area contributed by atoms with Gasteiger partial charge in [-0.1, -0.05) is 26.7 Å². The van der Waals surface area contributed by atoms with Crippen molar-refractivity contribution in [1.82, 2.24) is 9.97 Å². The molecule has 0 unspecified atom stereocenters. The van der Waals surface area contributed by atoms with Gasteiger partial charge in [-0.2, -0.15) is 0 Å². The fourth-order valence-corrected chi connectivity index (χ4v) is 3.30. The first-order chi connectivity index (χ1) is 10.2. The first kappa shape index (κ1) is 16.1. The Morgan fingerprint density at radius 2 is 1.71 bits per heavy atom. The minimum absolute atomic E-state index is 0.570. The molecule has 1 fully saturated rings. The molecule has 4 heteroatoms. The van der Waals surface area contributed by atoms with Crippen molar-refractivity contribution >= 4 is 11.6 Å². The summed E-state index contributed by atoms with van der Waals surface area (Å²) in [6.07, 6.45) is 8.83. The van der Waals surface area contributed by atoms with Gasteiger partial charge in [-0.3, -0.25) is 0 Å². The molecule has 118 valence electrons. The summed E-state index contributed by atoms with van der Waals surface area (Å²) < 4.78 is 0. The molecular formula is C17H30N4. The highest BCUT2D eigenvalue weighted by Gasteiger charge is 2.21. The zero-order valence-corrected chi connectivity index (χ0v) is 14.0. The lowest BCUT2D eigenvalue weighted by atomic mass is 9.83. The predicted octanol–water partition coefficient (Wildman–Crippen LogP) is 4.16. The second-order valence-corrected chi connectivity index (χ2v) is 6.22. The van der Waals surface area contributed by atoms with Crippen molar-refractivity contribution in [1.29, 1.82) is 0 Å². The summed E-state index contributed by atoms with van der Waals surface area (Å²) in [5, 5.41) is 6.85. The summed E-state index contributed by atoms with van der Waals surface area (Å²) in [5.41, 5.74) is 1.13. The average Bonchev–Trinajstić information content (AvgIpc) is 2.51. The maximum absolute atomic E-state index is 4.69. The average molecular weight is 290 g/mol. The van der Waals surface area contributed by atoms with Gasteiger partial charge in [0.1, 0.15) is 17.5 Å². The van der Waals surface area contributed by atoms with Crippen molar-refractivity contribution in [2.24, 2.45) is 5.92 Å². The van der Waals surface area contributed by atoms with Crippen LogP contribution < -0.4 is 10.6 Å². The van der Waals surface area contributed by atoms with Gasteiger partial charge in [0, 0.05) is 25.1 Å². The van der Waals surface area contributed by atoms with E-state index in [1.54, 1.807) is 0 Å². The van der Waals surface area contributed by atoms with Crippen LogP contribution in [-0.2, 0) is 6.42 Å². The van der Waals surface area contributed by atoms with Gasteiger partial charge in [-0.05, 0) is 38.5 Å². The quantitative estimate of drug-likeness (QED) is 0.826. The number of nitrogens with zero attached hydrogens (tertiary/aromatic N) is 2. The fourth-order valence-electron chi connectivity index (χ4n) is 3.30. The Morgan fingerprint density at radius 3 is 2.29 bits per heavy atom. The molecule has 1 aliphatic rings. The van der Waals surface area contributed by atoms with Crippen LogP contribution >= 0.6 is 0 Å². The lowest BCUT2D eigenvalue weighted by Gasteiger charge is -2.30. The number of hydrogen-bond acceptors (Lipinski definition) is 4. The number of rotatable bonds is 6. The minimum Gasteiger partial charge on any atom is -0.373 e. The molecule has 1 aromatic heterocycles. The molecule has 2 rings (SSSR count). The van der Waals surface area contributed by atoms with Crippen LogP contribution in [0.5, 0.6) is 0 Å². The smallest absolute Gasteiger partial charge is 0.134 e. The summed E-state index contributed by atoms with van der Waals surface area (Å²) in [7, 11) is 1.93. The molecule has 2 N–H and O–H groups in total. The second-order valence-electron chi connectivity index (χ2n) is 6.22. The SMILES string of the molecule is CCCC1CCC(Nc2nc(CC)nc(NC)c2C)CC1. The van der Waals surface area contributed by atoms with Gasteiger partial charge in [-0.15, -0.1) is 0 Å². The first-order valence-corrected chi connectivity index (χ1v) is 8.49. The topological polar surface area (TPSA) is 49.8 Å². The maximum Gasteiger partial charge on any atom is 0.134 e. The summed E-state index contributed by atoms with van der Waals surface area (Å²) >= 11 is 0. The standard InChI is InChI=1S/C17H30N4/c1-5-7-13-8-10-14(11-9-13)19-17-12(3)16(18-4)20-15(6-2)21-17/h13-14H,5-11H2,1-4H3,(H2,18,19,20,21). The highest BCUT2D eigenvalue weighted by atomic mass is 15.1. The molecular weight excluding hydrogens is 260 g/mol. The van der Waals surface area contributed by atoms with Crippen molar-refractivity contribution in [2.45, 2.75) is 71.8 Å². The molecule has 21 heavy (non-hydrogen) atoms. The van der Waals surface area contributed by atoms with Gasteiger partial charge >= 0.3 is 0 Å². The molecule has 0 radical (unpaired) electrons. The lowest BCUT2D eigenvalue weighted by molar-refractivity contribution is 0.318. The third kappa shape index (κ3) is 4.08. The maximum atomic E-state index is 4.69. The normalized spacial score (nSPS) is 22.1. The summed E-state index contributed by atoms with van der Waals surface area (Å²) in [4.78, 5) is 9.22. The van der Waals surface area contributed by atoms with Crippen LogP contribution in [0, 0.1) is 12.8 Å². The Bertz CT molecular complexity index is 450. The molecule has 0 saturated heterocycles. The molecule has 1 saturated carbocycles. The van der Waals surface area contributed by atoms with Crippen LogP contribution in [0.4, 0.5) is 11.6 Å². The molecule has 1 heterocycles. The van der Waals surface area contributed by atoms with Crippen LogP contribution in [0.1, 0.15) is 63.8 Å². The Labute approximate surface area is 129 Å². The Morgan fingerprint density at radius 1 is 1.05 bits per heavy atom. The number of aromatic nitrogens is 2. The minimum atomic E-state index is 0.570. The van der Waals surface area contributed by atoms with Gasteiger partial charge in [0.2, 0.25) is 0 Å². The molecule has 1 aliphatic carbocycles. The number of anilines is 2. The fraction of sp³-hybridized carbons (Fsp3) is 0.765. The van der Waals surface area contributed by atoms with E-state index in [-0.39, 0.29) is 0 Å². The monoisotopic (exact) mass is 290 g/mol. The molecule has 0 bridgehead atoms. The molecule has 0 aliphatic heterocycles. The summed E-state index contributed by atoms with van der Waals surface area (Å²) in [5.74, 6) is 3.82. The van der Waals surface area contributed by atoms with Crippen molar-refractivity contribution in [3.63, 3.8) is 0 Å². The first-order valence-electron chi connectivity index (χ1n) is 8.49. The van der Waals surface area contributed by atoms with E-state index in [1.807, 2.05) is 7.05 Å². The van der Waals surface area contributed by atoms with Crippen LogP contribution in [0.3, 0.4) is 0 Å². The zero-order chi connectivity index (χ0) is 15.2. The van der Waals surface area contributed by atoms with Crippen LogP contribution in [0.15, 0.2) is 0 Å². The summed E-state index contributed by atoms with van der Waals surface area (Å²) in [6.45, 7) is 6.49. The Hall–Kier alpha value is -1.32. The van der Waals surface area contributed by atoms with E-state index in [1.165, 1.54) is 38.5 Å². The van der Waals surface area contributed by atoms with Crippen LogP contribution in [0.2, 0.25) is 0 Å². The van der Waals surface area contributed by atoms with E-state index < -0.39 is 0 Å². The number of aryl methyl sites for hydroxylation is 1. The molecule has 1 aromatic rings. The number of hydrogen-bond donors (Lipinski definition) is 2. The third-order valence-corrected chi connectivity index (χ3v) is 4.63. The van der Waals surface area contributed by atoms with E-state index in [4.69, 9.17) is 0 Å². The molecule has 0 aromatic carbocycles.